The van der Waals surface area contributed by atoms with E-state index < -0.39 is 0 Å². The largest absolute Gasteiger partial charge is 0.489 e. The molecule has 4 nitrogen and oxygen atoms in total. The Labute approximate surface area is 167 Å². The Morgan fingerprint density at radius 2 is 1.78 bits per heavy atom. The molecule has 2 atom stereocenters. The van der Waals surface area contributed by atoms with Crippen LogP contribution in [0, 0.1) is 0 Å². The van der Waals surface area contributed by atoms with Gasteiger partial charge in [-0.1, -0.05) is 36.4 Å². The van der Waals surface area contributed by atoms with Crippen LogP contribution in [0.1, 0.15) is 41.6 Å². The van der Waals surface area contributed by atoms with Crippen LogP contribution in [0.5, 0.6) is 5.75 Å². The zero-order valence-corrected chi connectivity index (χ0v) is 16.5. The molecule has 27 heavy (non-hydrogen) atoms. The van der Waals surface area contributed by atoms with Crippen molar-refractivity contribution in [3.63, 3.8) is 0 Å². The lowest BCUT2D eigenvalue weighted by atomic mass is 9.98. The zero-order chi connectivity index (χ0) is 17.9. The molecule has 0 aromatic heterocycles. The van der Waals surface area contributed by atoms with Crippen molar-refractivity contribution in [3.8, 4) is 5.75 Å². The molecule has 2 aliphatic heterocycles. The second-order valence-corrected chi connectivity index (χ2v) is 7.48. The first-order valence-corrected chi connectivity index (χ1v) is 9.49. The summed E-state index contributed by atoms with van der Waals surface area (Å²) in [7, 11) is 1.94. The fourth-order valence-corrected chi connectivity index (χ4v) is 4.17. The molecule has 0 aliphatic carbocycles. The van der Waals surface area contributed by atoms with Crippen molar-refractivity contribution in [2.75, 3.05) is 7.05 Å². The van der Waals surface area contributed by atoms with Gasteiger partial charge in [-0.05, 0) is 49.4 Å². The number of ether oxygens (including phenoxy) is 1. The highest BCUT2D eigenvalue weighted by Gasteiger charge is 2.36. The van der Waals surface area contributed by atoms with Crippen LogP contribution in [-0.2, 0) is 6.61 Å². The van der Waals surface area contributed by atoms with Crippen molar-refractivity contribution in [1.82, 2.24) is 10.2 Å². The number of hydrogen-bond donors (Lipinski definition) is 1. The van der Waals surface area contributed by atoms with Crippen molar-refractivity contribution < 1.29 is 9.53 Å². The first kappa shape index (κ1) is 19.7. The van der Waals surface area contributed by atoms with Gasteiger partial charge in [0.1, 0.15) is 12.4 Å². The Morgan fingerprint density at radius 3 is 2.48 bits per heavy atom. The van der Waals surface area contributed by atoms with Crippen LogP contribution in [0.2, 0.25) is 0 Å². The van der Waals surface area contributed by atoms with Gasteiger partial charge in [0.25, 0.3) is 5.91 Å². The molecular formula is C22H27ClN2O2. The van der Waals surface area contributed by atoms with Crippen molar-refractivity contribution >= 4 is 18.3 Å². The number of benzene rings is 2. The van der Waals surface area contributed by atoms with E-state index in [4.69, 9.17) is 4.74 Å². The minimum absolute atomic E-state index is 0. The van der Waals surface area contributed by atoms with Gasteiger partial charge in [0.05, 0.1) is 0 Å². The minimum atomic E-state index is 0. The predicted octanol–water partition coefficient (Wildman–Crippen LogP) is 4.04. The SMILES string of the molecule is CN(C(=O)c1cccc(OCc2ccccc2)c1)C1CC2CCC(C1)N2.Cl. The smallest absolute Gasteiger partial charge is 0.253 e. The molecule has 0 saturated carbocycles. The molecule has 5 heteroatoms. The van der Waals surface area contributed by atoms with Gasteiger partial charge in [0.2, 0.25) is 0 Å². The van der Waals surface area contributed by atoms with Gasteiger partial charge in [-0.15, -0.1) is 12.4 Å². The van der Waals surface area contributed by atoms with Gasteiger partial charge in [0, 0.05) is 30.7 Å². The molecule has 2 aromatic carbocycles. The maximum atomic E-state index is 13.0. The number of rotatable bonds is 5. The van der Waals surface area contributed by atoms with E-state index in [0.717, 1.165) is 24.2 Å². The fraction of sp³-hybridized carbons (Fsp3) is 0.409. The molecule has 2 aromatic rings. The monoisotopic (exact) mass is 386 g/mol. The summed E-state index contributed by atoms with van der Waals surface area (Å²) in [5.74, 6) is 0.819. The summed E-state index contributed by atoms with van der Waals surface area (Å²) in [5.41, 5.74) is 1.82. The highest BCUT2D eigenvalue weighted by atomic mass is 35.5. The maximum absolute atomic E-state index is 13.0. The second-order valence-electron chi connectivity index (χ2n) is 7.48. The molecule has 4 rings (SSSR count). The van der Waals surface area contributed by atoms with E-state index in [-0.39, 0.29) is 18.3 Å². The summed E-state index contributed by atoms with van der Waals surface area (Å²) in [6, 6.07) is 19.1. The third-order valence-corrected chi connectivity index (χ3v) is 5.65. The Hall–Kier alpha value is -2.04. The average Bonchev–Trinajstić information content (AvgIpc) is 3.04. The lowest BCUT2D eigenvalue weighted by molar-refractivity contribution is 0.0681. The number of nitrogens with zero attached hydrogens (tertiary/aromatic N) is 1. The van der Waals surface area contributed by atoms with Gasteiger partial charge in [-0.25, -0.2) is 0 Å². The summed E-state index contributed by atoms with van der Waals surface area (Å²) in [5, 5.41) is 3.64. The third kappa shape index (κ3) is 4.63. The number of nitrogens with one attached hydrogen (secondary N) is 1. The highest BCUT2D eigenvalue weighted by molar-refractivity contribution is 5.94. The first-order valence-electron chi connectivity index (χ1n) is 9.49. The predicted molar refractivity (Wildman–Crippen MR) is 110 cm³/mol. The van der Waals surface area contributed by atoms with Crippen LogP contribution in [0.3, 0.4) is 0 Å². The minimum Gasteiger partial charge on any atom is -0.489 e. The van der Waals surface area contributed by atoms with Crippen molar-refractivity contribution in [1.29, 1.82) is 0 Å². The van der Waals surface area contributed by atoms with E-state index in [0.29, 0.717) is 30.3 Å². The van der Waals surface area contributed by atoms with Crippen LogP contribution in [0.4, 0.5) is 0 Å². The molecule has 2 aliphatic rings. The fourth-order valence-electron chi connectivity index (χ4n) is 4.17. The number of fused-ring (bicyclic) bond motifs is 2. The standard InChI is InChI=1S/C22H26N2O2.ClH/c1-24(20-13-18-10-11-19(14-20)23-18)22(25)17-8-5-9-21(12-17)26-15-16-6-3-2-4-7-16;/h2-9,12,18-20,23H,10-11,13-15H2,1H3;1H. The molecule has 2 fully saturated rings. The van der Waals surface area contributed by atoms with Crippen LogP contribution >= 0.6 is 12.4 Å². The molecular weight excluding hydrogens is 360 g/mol. The first-order chi connectivity index (χ1) is 12.7. The molecule has 144 valence electrons. The second kappa shape index (κ2) is 8.77. The van der Waals surface area contributed by atoms with Crippen LogP contribution < -0.4 is 10.1 Å². The van der Waals surface area contributed by atoms with Crippen molar-refractivity contribution in [2.45, 2.75) is 50.4 Å². The van der Waals surface area contributed by atoms with E-state index in [2.05, 4.69) is 5.32 Å². The molecule has 0 spiro atoms. The summed E-state index contributed by atoms with van der Waals surface area (Å²) in [4.78, 5) is 14.9. The highest BCUT2D eigenvalue weighted by Crippen LogP contribution is 2.30. The zero-order valence-electron chi connectivity index (χ0n) is 15.6. The lowest BCUT2D eigenvalue weighted by Crippen LogP contribution is -2.48. The third-order valence-electron chi connectivity index (χ3n) is 5.65. The van der Waals surface area contributed by atoms with E-state index in [1.807, 2.05) is 66.5 Å². The van der Waals surface area contributed by atoms with Gasteiger partial charge < -0.3 is 15.0 Å². The quantitative estimate of drug-likeness (QED) is 0.843. The molecule has 2 heterocycles. The normalized spacial score (nSPS) is 23.4. The number of halogens is 1. The topological polar surface area (TPSA) is 41.6 Å². The summed E-state index contributed by atoms with van der Waals surface area (Å²) in [6.45, 7) is 0.506. The summed E-state index contributed by atoms with van der Waals surface area (Å²) < 4.78 is 5.87. The van der Waals surface area contributed by atoms with Gasteiger partial charge in [-0.2, -0.15) is 0 Å². The Bertz CT molecular complexity index is 756. The average molecular weight is 387 g/mol. The van der Waals surface area contributed by atoms with E-state index in [1.165, 1.54) is 12.8 Å². The van der Waals surface area contributed by atoms with Gasteiger partial charge >= 0.3 is 0 Å². The number of carbonyl (C=O) groups is 1. The molecule has 2 bridgehead atoms. The van der Waals surface area contributed by atoms with E-state index in [9.17, 15) is 4.79 Å². The molecule has 2 unspecified atom stereocenters. The molecule has 2 saturated heterocycles. The van der Waals surface area contributed by atoms with Crippen LogP contribution in [-0.4, -0.2) is 36.0 Å². The molecule has 1 amide bonds. The Balaban J connectivity index is 0.00000210. The van der Waals surface area contributed by atoms with E-state index >= 15 is 0 Å². The van der Waals surface area contributed by atoms with Crippen LogP contribution in [0.15, 0.2) is 54.6 Å². The molecule has 1 N–H and O–H groups in total. The van der Waals surface area contributed by atoms with E-state index in [1.54, 1.807) is 0 Å². The Kier molecular flexibility index (Phi) is 6.40. The van der Waals surface area contributed by atoms with Gasteiger partial charge in [0.15, 0.2) is 0 Å². The van der Waals surface area contributed by atoms with Crippen molar-refractivity contribution in [2.24, 2.45) is 0 Å². The summed E-state index contributed by atoms with van der Waals surface area (Å²) in [6.07, 6.45) is 4.60. The Morgan fingerprint density at radius 1 is 1.07 bits per heavy atom. The lowest BCUT2D eigenvalue weighted by Gasteiger charge is -2.35. The number of piperidine rings is 1. The molecule has 0 radical (unpaired) electrons. The number of hydrogen-bond acceptors (Lipinski definition) is 3. The number of amides is 1. The van der Waals surface area contributed by atoms with Crippen molar-refractivity contribution in [3.05, 3.63) is 65.7 Å². The maximum Gasteiger partial charge on any atom is 0.253 e. The van der Waals surface area contributed by atoms with Crippen LogP contribution in [0.25, 0.3) is 0 Å². The van der Waals surface area contributed by atoms with Gasteiger partial charge in [-0.3, -0.25) is 4.79 Å². The number of carbonyl (C=O) groups excluding carboxylic acids is 1. The summed E-state index contributed by atoms with van der Waals surface area (Å²) >= 11 is 0.